The van der Waals surface area contributed by atoms with Gasteiger partial charge in [-0.2, -0.15) is 0 Å². The van der Waals surface area contributed by atoms with E-state index in [0.717, 1.165) is 25.7 Å². The summed E-state index contributed by atoms with van der Waals surface area (Å²) in [5, 5.41) is 6.53. The summed E-state index contributed by atoms with van der Waals surface area (Å²) in [6.45, 7) is 5.56. The van der Waals surface area contributed by atoms with E-state index in [4.69, 9.17) is 20.8 Å². The summed E-state index contributed by atoms with van der Waals surface area (Å²) in [7, 11) is 0. The van der Waals surface area contributed by atoms with Gasteiger partial charge in [-0.25, -0.2) is 14.8 Å². The van der Waals surface area contributed by atoms with Crippen molar-refractivity contribution in [2.24, 2.45) is 0 Å². The van der Waals surface area contributed by atoms with Gasteiger partial charge in [-0.3, -0.25) is 0 Å². The van der Waals surface area contributed by atoms with Crippen LogP contribution in [0.15, 0.2) is 28.9 Å². The van der Waals surface area contributed by atoms with Crippen molar-refractivity contribution in [3.8, 4) is 11.5 Å². The highest BCUT2D eigenvalue weighted by Gasteiger charge is 2.26. The molecule has 2 atom stereocenters. The van der Waals surface area contributed by atoms with Gasteiger partial charge in [-0.15, -0.1) is 0 Å². The summed E-state index contributed by atoms with van der Waals surface area (Å²) in [5.74, 6) is 1.28. The Kier molecular flexibility index (Phi) is 5.89. The van der Waals surface area contributed by atoms with Crippen LogP contribution in [0.5, 0.6) is 0 Å². The molecule has 0 unspecified atom stereocenters. The van der Waals surface area contributed by atoms with Crippen LogP contribution >= 0.6 is 11.6 Å². The number of anilines is 1. The number of amides is 1. The summed E-state index contributed by atoms with van der Waals surface area (Å²) < 4.78 is 10.7. The maximum Gasteiger partial charge on any atom is 0.407 e. The highest BCUT2D eigenvalue weighted by Crippen LogP contribution is 2.26. The van der Waals surface area contributed by atoms with E-state index in [1.165, 1.54) is 0 Å². The van der Waals surface area contributed by atoms with Gasteiger partial charge in [0.05, 0.1) is 6.26 Å². The molecule has 27 heavy (non-hydrogen) atoms. The lowest BCUT2D eigenvalue weighted by molar-refractivity contribution is 0.0492. The van der Waals surface area contributed by atoms with Crippen molar-refractivity contribution in [1.29, 1.82) is 0 Å². The zero-order valence-corrected chi connectivity index (χ0v) is 16.5. The van der Waals surface area contributed by atoms with Crippen molar-refractivity contribution in [1.82, 2.24) is 15.3 Å². The third-order valence-electron chi connectivity index (χ3n) is 4.22. The van der Waals surface area contributed by atoms with Gasteiger partial charge in [0.25, 0.3) is 0 Å². The number of furan rings is 1. The summed E-state index contributed by atoms with van der Waals surface area (Å²) >= 11 is 6.07. The van der Waals surface area contributed by atoms with E-state index in [2.05, 4.69) is 20.6 Å². The number of nitrogens with one attached hydrogen (secondary N) is 2. The maximum absolute atomic E-state index is 12.0. The summed E-state index contributed by atoms with van der Waals surface area (Å²) in [6, 6.07) is 5.67. The number of rotatable bonds is 4. The molecule has 1 saturated carbocycles. The number of carbonyl (C=O) groups excluding carboxylic acids is 1. The molecule has 1 aliphatic rings. The van der Waals surface area contributed by atoms with E-state index in [1.807, 2.05) is 32.9 Å². The fraction of sp³-hybridized carbons (Fsp3) is 0.526. The van der Waals surface area contributed by atoms with Gasteiger partial charge >= 0.3 is 6.09 Å². The van der Waals surface area contributed by atoms with Crippen molar-refractivity contribution in [3.05, 3.63) is 29.7 Å². The molecule has 2 aromatic rings. The van der Waals surface area contributed by atoms with Crippen LogP contribution in [-0.2, 0) is 4.74 Å². The zero-order chi connectivity index (χ0) is 19.4. The van der Waals surface area contributed by atoms with Gasteiger partial charge in [-0.1, -0.05) is 0 Å². The smallest absolute Gasteiger partial charge is 0.407 e. The number of alkyl carbamates (subject to hydrolysis) is 1. The predicted molar refractivity (Wildman–Crippen MR) is 104 cm³/mol. The molecule has 0 spiro atoms. The normalized spacial score (nSPS) is 20.1. The number of hydrogen-bond donors (Lipinski definition) is 2. The van der Waals surface area contributed by atoms with Crippen LogP contribution in [0.2, 0.25) is 5.28 Å². The van der Waals surface area contributed by atoms with E-state index in [9.17, 15) is 4.79 Å². The molecule has 2 N–H and O–H groups in total. The highest BCUT2D eigenvalue weighted by molar-refractivity contribution is 6.28. The van der Waals surface area contributed by atoms with Crippen LogP contribution in [0.1, 0.15) is 46.5 Å². The summed E-state index contributed by atoms with van der Waals surface area (Å²) in [6.07, 6.45) is 4.92. The van der Waals surface area contributed by atoms with Crippen LogP contribution in [-0.4, -0.2) is 33.7 Å². The largest absolute Gasteiger partial charge is 0.463 e. The fourth-order valence-corrected chi connectivity index (χ4v) is 3.36. The molecular weight excluding hydrogens is 368 g/mol. The third kappa shape index (κ3) is 5.85. The van der Waals surface area contributed by atoms with E-state index in [0.29, 0.717) is 17.3 Å². The minimum atomic E-state index is -0.504. The summed E-state index contributed by atoms with van der Waals surface area (Å²) in [5.41, 5.74) is 0.123. The summed E-state index contributed by atoms with van der Waals surface area (Å²) in [4.78, 5) is 20.5. The first kappa shape index (κ1) is 19.5. The molecule has 8 heteroatoms. The zero-order valence-electron chi connectivity index (χ0n) is 15.8. The second-order valence-electron chi connectivity index (χ2n) is 7.74. The Labute approximate surface area is 163 Å². The molecule has 0 radical (unpaired) electrons. The minimum absolute atomic E-state index is 0.0629. The number of ether oxygens (including phenoxy) is 1. The molecule has 146 valence electrons. The topological polar surface area (TPSA) is 89.3 Å². The average molecular weight is 393 g/mol. The lowest BCUT2D eigenvalue weighted by Gasteiger charge is -2.31. The molecule has 0 saturated heterocycles. The first-order valence-electron chi connectivity index (χ1n) is 9.13. The Morgan fingerprint density at radius 2 is 2.07 bits per heavy atom. The first-order valence-corrected chi connectivity index (χ1v) is 9.51. The molecule has 1 amide bonds. The third-order valence-corrected chi connectivity index (χ3v) is 4.39. The fourth-order valence-electron chi connectivity index (χ4n) is 3.18. The molecule has 0 aromatic carbocycles. The van der Waals surface area contributed by atoms with Gasteiger partial charge in [0.15, 0.2) is 5.76 Å². The SMILES string of the molecule is CC(C)(C)OC(=O)N[C@H]1CCC[C@@H](Nc2cc(-c3ccco3)nc(Cl)n2)C1. The lowest BCUT2D eigenvalue weighted by Crippen LogP contribution is -2.43. The number of carbonyl (C=O) groups is 1. The Morgan fingerprint density at radius 1 is 1.30 bits per heavy atom. The molecule has 0 aliphatic heterocycles. The number of aromatic nitrogens is 2. The Morgan fingerprint density at radius 3 is 2.78 bits per heavy atom. The molecular formula is C19H25ClN4O3. The van der Waals surface area contributed by atoms with E-state index < -0.39 is 5.60 Å². The molecule has 1 fully saturated rings. The van der Waals surface area contributed by atoms with Crippen LogP contribution in [0.4, 0.5) is 10.6 Å². The van der Waals surface area contributed by atoms with Crippen molar-refractivity contribution in [2.45, 2.75) is 64.1 Å². The first-order chi connectivity index (χ1) is 12.8. The Bertz CT molecular complexity index is 774. The Hall–Kier alpha value is -2.28. The van der Waals surface area contributed by atoms with Crippen molar-refractivity contribution in [2.75, 3.05) is 5.32 Å². The number of nitrogens with zero attached hydrogens (tertiary/aromatic N) is 2. The molecule has 3 rings (SSSR count). The van der Waals surface area contributed by atoms with Crippen LogP contribution in [0.25, 0.3) is 11.5 Å². The second-order valence-corrected chi connectivity index (χ2v) is 8.07. The molecule has 1 aliphatic carbocycles. The van der Waals surface area contributed by atoms with Crippen molar-refractivity contribution in [3.63, 3.8) is 0 Å². The van der Waals surface area contributed by atoms with Crippen molar-refractivity contribution >= 4 is 23.5 Å². The predicted octanol–water partition coefficient (Wildman–Crippen LogP) is 4.64. The number of halogens is 1. The van der Waals surface area contributed by atoms with Gasteiger partial charge in [0.2, 0.25) is 5.28 Å². The minimum Gasteiger partial charge on any atom is -0.463 e. The van der Waals surface area contributed by atoms with Gasteiger partial charge in [-0.05, 0) is 70.2 Å². The van der Waals surface area contributed by atoms with Gasteiger partial charge in [0.1, 0.15) is 17.1 Å². The van der Waals surface area contributed by atoms with E-state index in [1.54, 1.807) is 12.3 Å². The second kappa shape index (κ2) is 8.17. The van der Waals surface area contributed by atoms with Crippen LogP contribution in [0.3, 0.4) is 0 Å². The standard InChI is InChI=1S/C19H25ClN4O3/c1-19(2,3)27-18(25)22-13-7-4-6-12(10-13)21-16-11-14(23-17(20)24-16)15-8-5-9-26-15/h5,8-9,11-13H,4,6-7,10H2,1-3H3,(H,22,25)(H,21,23,24)/t12-,13+/m1/s1. The molecule has 7 nitrogen and oxygen atoms in total. The van der Waals surface area contributed by atoms with E-state index in [-0.39, 0.29) is 23.5 Å². The van der Waals surface area contributed by atoms with E-state index >= 15 is 0 Å². The highest BCUT2D eigenvalue weighted by atomic mass is 35.5. The van der Waals surface area contributed by atoms with Gasteiger partial charge in [0, 0.05) is 18.2 Å². The van der Waals surface area contributed by atoms with Crippen LogP contribution in [0, 0.1) is 0 Å². The molecule has 0 bridgehead atoms. The van der Waals surface area contributed by atoms with Crippen LogP contribution < -0.4 is 10.6 Å². The lowest BCUT2D eigenvalue weighted by atomic mass is 9.91. The average Bonchev–Trinajstić information content (AvgIpc) is 3.07. The quantitative estimate of drug-likeness (QED) is 0.737. The maximum atomic E-state index is 12.0. The number of hydrogen-bond acceptors (Lipinski definition) is 6. The van der Waals surface area contributed by atoms with Crippen molar-refractivity contribution < 1.29 is 13.9 Å². The molecule has 2 heterocycles. The Balaban J connectivity index is 1.61. The molecule has 2 aromatic heterocycles. The monoisotopic (exact) mass is 392 g/mol. The van der Waals surface area contributed by atoms with Gasteiger partial charge < -0.3 is 19.8 Å².